The fraction of sp³-hybridized carbons (Fsp3) is 0.759. The van der Waals surface area contributed by atoms with Gasteiger partial charge in [0.1, 0.15) is 6.61 Å². The molecule has 0 saturated carbocycles. The van der Waals surface area contributed by atoms with Crippen molar-refractivity contribution in [3.8, 4) is 0 Å². The third-order valence-corrected chi connectivity index (χ3v) is 6.23. The van der Waals surface area contributed by atoms with Gasteiger partial charge in [-0.25, -0.2) is 0 Å². The van der Waals surface area contributed by atoms with Gasteiger partial charge in [-0.2, -0.15) is 0 Å². The van der Waals surface area contributed by atoms with E-state index in [1.807, 2.05) is 19.0 Å². The Balaban J connectivity index is 1.92. The summed E-state index contributed by atoms with van der Waals surface area (Å²) in [6, 6.07) is 8.47. The molecule has 1 aromatic carbocycles. The van der Waals surface area contributed by atoms with E-state index in [0.717, 1.165) is 19.5 Å². The first kappa shape index (κ1) is 29.5. The molecule has 1 N–H and O–H groups in total. The van der Waals surface area contributed by atoms with E-state index in [1.165, 1.54) is 101 Å². The molecular weight excluding hydrogens is 408 g/mol. The summed E-state index contributed by atoms with van der Waals surface area (Å²) in [5.74, 6) is -0.114. The molecule has 0 aliphatic carbocycles. The number of anilines is 1. The van der Waals surface area contributed by atoms with Gasteiger partial charge in [-0.1, -0.05) is 103 Å². The lowest BCUT2D eigenvalue weighted by Crippen LogP contribution is -2.20. The topological polar surface area (TPSA) is 41.6 Å². The second-order valence-corrected chi connectivity index (χ2v) is 9.74. The number of hydrogen-bond donors (Lipinski definition) is 1. The predicted molar refractivity (Wildman–Crippen MR) is 143 cm³/mol. The van der Waals surface area contributed by atoms with Crippen molar-refractivity contribution in [1.29, 1.82) is 0 Å². The first-order valence-corrected chi connectivity index (χ1v) is 13.7. The SMILES string of the molecule is CCCCCCCCCCCCCCCCNc1ccc(CCC(=O)OCCN(C)C)cc1. The Morgan fingerprint density at radius 2 is 1.30 bits per heavy atom. The van der Waals surface area contributed by atoms with Gasteiger partial charge in [-0.15, -0.1) is 0 Å². The Morgan fingerprint density at radius 3 is 1.82 bits per heavy atom. The molecule has 1 rings (SSSR count). The maximum atomic E-state index is 11.8. The van der Waals surface area contributed by atoms with Crippen molar-refractivity contribution >= 4 is 11.7 Å². The Hall–Kier alpha value is -1.55. The molecule has 4 nitrogen and oxygen atoms in total. The van der Waals surface area contributed by atoms with E-state index < -0.39 is 0 Å². The zero-order valence-corrected chi connectivity index (χ0v) is 22.0. The Labute approximate surface area is 204 Å². The number of hydrogen-bond acceptors (Lipinski definition) is 4. The van der Waals surface area contributed by atoms with E-state index in [4.69, 9.17) is 4.74 Å². The van der Waals surface area contributed by atoms with Gasteiger partial charge in [0.25, 0.3) is 0 Å². The summed E-state index contributed by atoms with van der Waals surface area (Å²) in [5.41, 5.74) is 2.35. The normalized spacial score (nSPS) is 11.2. The minimum absolute atomic E-state index is 0.114. The van der Waals surface area contributed by atoms with E-state index in [2.05, 4.69) is 36.5 Å². The summed E-state index contributed by atoms with van der Waals surface area (Å²) in [5, 5.41) is 3.52. The van der Waals surface area contributed by atoms with Crippen LogP contribution in [0.3, 0.4) is 0 Å². The smallest absolute Gasteiger partial charge is 0.306 e. The summed E-state index contributed by atoms with van der Waals surface area (Å²) in [6.45, 7) is 4.56. The van der Waals surface area contributed by atoms with Crippen LogP contribution in [0.15, 0.2) is 24.3 Å². The third kappa shape index (κ3) is 18.6. The van der Waals surface area contributed by atoms with Crippen molar-refractivity contribution in [3.05, 3.63) is 29.8 Å². The third-order valence-electron chi connectivity index (χ3n) is 6.23. The zero-order valence-electron chi connectivity index (χ0n) is 22.0. The second kappa shape index (κ2) is 21.0. The number of likely N-dealkylation sites (N-methyl/N-ethyl adjacent to an activating group) is 1. The lowest BCUT2D eigenvalue weighted by Gasteiger charge is -2.10. The van der Waals surface area contributed by atoms with E-state index >= 15 is 0 Å². The monoisotopic (exact) mass is 460 g/mol. The molecular formula is C29H52N2O2. The van der Waals surface area contributed by atoms with Crippen molar-refractivity contribution in [3.63, 3.8) is 0 Å². The van der Waals surface area contributed by atoms with Gasteiger partial charge in [0.05, 0.1) is 0 Å². The van der Waals surface area contributed by atoms with Crippen LogP contribution in [0.25, 0.3) is 0 Å². The summed E-state index contributed by atoms with van der Waals surface area (Å²) < 4.78 is 5.24. The quantitative estimate of drug-likeness (QED) is 0.143. The largest absolute Gasteiger partial charge is 0.464 e. The van der Waals surface area contributed by atoms with Crippen molar-refractivity contribution in [2.45, 2.75) is 110 Å². The summed E-state index contributed by atoms with van der Waals surface area (Å²) >= 11 is 0. The lowest BCUT2D eigenvalue weighted by atomic mass is 10.0. The summed E-state index contributed by atoms with van der Waals surface area (Å²) in [4.78, 5) is 13.8. The van der Waals surface area contributed by atoms with E-state index in [-0.39, 0.29) is 5.97 Å². The van der Waals surface area contributed by atoms with Gasteiger partial charge in [-0.05, 0) is 44.6 Å². The molecule has 4 heteroatoms. The predicted octanol–water partition coefficient (Wildman–Crippen LogP) is 7.62. The molecule has 0 fully saturated rings. The van der Waals surface area contributed by atoms with Crippen LogP contribution < -0.4 is 5.32 Å². The number of aryl methyl sites for hydroxylation is 1. The summed E-state index contributed by atoms with van der Waals surface area (Å²) in [6.07, 6.45) is 20.7. The Morgan fingerprint density at radius 1 is 0.788 bits per heavy atom. The van der Waals surface area contributed by atoms with Crippen LogP contribution in [0, 0.1) is 0 Å². The summed E-state index contributed by atoms with van der Waals surface area (Å²) in [7, 11) is 3.95. The fourth-order valence-electron chi connectivity index (χ4n) is 4.00. The molecule has 0 atom stereocenters. The molecule has 0 bridgehead atoms. The molecule has 0 aliphatic rings. The zero-order chi connectivity index (χ0) is 24.0. The number of ether oxygens (including phenoxy) is 1. The Bertz CT molecular complexity index is 571. The van der Waals surface area contributed by atoms with Crippen molar-refractivity contribution in [2.75, 3.05) is 39.1 Å². The lowest BCUT2D eigenvalue weighted by molar-refractivity contribution is -0.143. The minimum atomic E-state index is -0.114. The van der Waals surface area contributed by atoms with Gasteiger partial charge >= 0.3 is 5.97 Å². The molecule has 0 aromatic heterocycles. The first-order chi connectivity index (χ1) is 16.1. The van der Waals surface area contributed by atoms with Crippen LogP contribution in [0.1, 0.15) is 109 Å². The van der Waals surface area contributed by atoms with Crippen molar-refractivity contribution < 1.29 is 9.53 Å². The fourth-order valence-corrected chi connectivity index (χ4v) is 4.00. The molecule has 0 saturated heterocycles. The molecule has 0 unspecified atom stereocenters. The first-order valence-electron chi connectivity index (χ1n) is 13.7. The van der Waals surface area contributed by atoms with E-state index in [9.17, 15) is 4.79 Å². The minimum Gasteiger partial charge on any atom is -0.464 e. The van der Waals surface area contributed by atoms with E-state index in [1.54, 1.807) is 0 Å². The molecule has 0 aliphatic heterocycles. The van der Waals surface area contributed by atoms with Crippen LogP contribution in [0.2, 0.25) is 0 Å². The number of esters is 1. The average molecular weight is 461 g/mol. The highest BCUT2D eigenvalue weighted by molar-refractivity contribution is 5.69. The number of rotatable bonds is 22. The average Bonchev–Trinajstić information content (AvgIpc) is 2.80. The highest BCUT2D eigenvalue weighted by Crippen LogP contribution is 2.14. The van der Waals surface area contributed by atoms with Gasteiger partial charge in [0.2, 0.25) is 0 Å². The van der Waals surface area contributed by atoms with Crippen LogP contribution >= 0.6 is 0 Å². The number of carbonyl (C=O) groups excluding carboxylic acids is 1. The van der Waals surface area contributed by atoms with Crippen molar-refractivity contribution in [1.82, 2.24) is 4.90 Å². The molecule has 0 spiro atoms. The van der Waals surface area contributed by atoms with Gasteiger partial charge in [0.15, 0.2) is 0 Å². The number of unbranched alkanes of at least 4 members (excludes halogenated alkanes) is 13. The highest BCUT2D eigenvalue weighted by atomic mass is 16.5. The molecule has 33 heavy (non-hydrogen) atoms. The number of carbonyl (C=O) groups is 1. The van der Waals surface area contributed by atoms with Crippen molar-refractivity contribution in [2.24, 2.45) is 0 Å². The second-order valence-electron chi connectivity index (χ2n) is 9.74. The van der Waals surface area contributed by atoms with Gasteiger partial charge in [-0.3, -0.25) is 4.79 Å². The van der Waals surface area contributed by atoms with Crippen LogP contribution in [-0.2, 0) is 16.0 Å². The van der Waals surface area contributed by atoms with Gasteiger partial charge < -0.3 is 15.0 Å². The number of nitrogens with zero attached hydrogens (tertiary/aromatic N) is 1. The number of benzene rings is 1. The van der Waals surface area contributed by atoms with E-state index in [0.29, 0.717) is 13.0 Å². The van der Waals surface area contributed by atoms with Crippen LogP contribution in [0.5, 0.6) is 0 Å². The highest BCUT2D eigenvalue weighted by Gasteiger charge is 2.04. The standard InChI is InChI=1S/C29H52N2O2/c1-4-5-6-7-8-9-10-11-12-13-14-15-16-17-24-30-28-21-18-27(19-22-28)20-23-29(32)33-26-25-31(2)3/h18-19,21-22,30H,4-17,20,23-26H2,1-3H3. The molecule has 190 valence electrons. The Kier molecular flexibility index (Phi) is 18.8. The van der Waals surface area contributed by atoms with Crippen LogP contribution in [0.4, 0.5) is 5.69 Å². The maximum absolute atomic E-state index is 11.8. The molecule has 1 aromatic rings. The van der Waals surface area contributed by atoms with Gasteiger partial charge in [0, 0.05) is 25.2 Å². The molecule has 0 radical (unpaired) electrons. The number of nitrogens with one attached hydrogen (secondary N) is 1. The van der Waals surface area contributed by atoms with Crippen LogP contribution in [-0.4, -0.2) is 44.7 Å². The molecule has 0 amide bonds. The molecule has 0 heterocycles. The maximum Gasteiger partial charge on any atom is 0.306 e.